The van der Waals surface area contributed by atoms with Crippen LogP contribution in [0.5, 0.6) is 0 Å². The Labute approximate surface area is 159 Å². The molecule has 1 aliphatic rings. The van der Waals surface area contributed by atoms with Crippen LogP contribution in [-0.2, 0) is 14.3 Å². The zero-order valence-electron chi connectivity index (χ0n) is 15.8. The van der Waals surface area contributed by atoms with Crippen LogP contribution >= 0.6 is 0 Å². The van der Waals surface area contributed by atoms with Gasteiger partial charge in [-0.3, -0.25) is 4.79 Å². The number of rotatable bonds is 10. The highest BCUT2D eigenvalue weighted by molar-refractivity contribution is 5.94. The van der Waals surface area contributed by atoms with E-state index in [2.05, 4.69) is 20.9 Å². The van der Waals surface area contributed by atoms with Gasteiger partial charge in [-0.2, -0.15) is 0 Å². The third-order valence-electron chi connectivity index (χ3n) is 3.94. The fourth-order valence-corrected chi connectivity index (χ4v) is 2.60. The number of amides is 1. The number of aliphatic imine (C=N–C) groups is 1. The number of nitrogens with one attached hydrogen (secondary N) is 3. The van der Waals surface area contributed by atoms with Crippen LogP contribution in [0.15, 0.2) is 29.3 Å². The average Bonchev–Trinajstić information content (AvgIpc) is 3.18. The molecule has 0 aliphatic carbocycles. The van der Waals surface area contributed by atoms with Gasteiger partial charge in [-0.05, 0) is 50.5 Å². The molecule has 1 saturated heterocycles. The maximum Gasteiger partial charge on any atom is 0.246 e. The van der Waals surface area contributed by atoms with Crippen molar-refractivity contribution in [1.29, 1.82) is 0 Å². The number of guanidine groups is 1. The molecule has 0 bridgehead atoms. The van der Waals surface area contributed by atoms with E-state index in [1.54, 1.807) is 0 Å². The minimum absolute atomic E-state index is 0.0256. The van der Waals surface area contributed by atoms with Crippen molar-refractivity contribution in [3.05, 3.63) is 30.1 Å². The lowest BCUT2D eigenvalue weighted by Crippen LogP contribution is -2.38. The zero-order valence-corrected chi connectivity index (χ0v) is 15.8. The Morgan fingerprint density at radius 2 is 2.15 bits per heavy atom. The molecule has 0 radical (unpaired) electrons. The monoisotopic (exact) mass is 380 g/mol. The predicted molar refractivity (Wildman–Crippen MR) is 103 cm³/mol. The van der Waals surface area contributed by atoms with Crippen LogP contribution in [0.1, 0.15) is 26.2 Å². The van der Waals surface area contributed by atoms with Crippen molar-refractivity contribution in [1.82, 2.24) is 10.6 Å². The number of nitrogens with zero attached hydrogens (tertiary/aromatic N) is 1. The summed E-state index contributed by atoms with van der Waals surface area (Å²) >= 11 is 0. The van der Waals surface area contributed by atoms with Gasteiger partial charge in [0.2, 0.25) is 5.91 Å². The molecule has 0 spiro atoms. The van der Waals surface area contributed by atoms with Gasteiger partial charge in [0.15, 0.2) is 5.96 Å². The predicted octanol–water partition coefficient (Wildman–Crippen LogP) is 1.90. The molecule has 0 aromatic heterocycles. The SMILES string of the molecule is CCNC(=NCC(=O)Nc1ccc(F)cc1)NCCCOCC1CCCO1. The van der Waals surface area contributed by atoms with E-state index in [1.165, 1.54) is 24.3 Å². The first kappa shape index (κ1) is 21.1. The molecule has 8 heteroatoms. The number of anilines is 1. The maximum absolute atomic E-state index is 12.9. The van der Waals surface area contributed by atoms with Crippen LogP contribution in [-0.4, -0.2) is 57.4 Å². The van der Waals surface area contributed by atoms with Crippen molar-refractivity contribution in [2.24, 2.45) is 4.99 Å². The van der Waals surface area contributed by atoms with Gasteiger partial charge < -0.3 is 25.4 Å². The summed E-state index contributed by atoms with van der Waals surface area (Å²) in [5.41, 5.74) is 0.540. The zero-order chi connectivity index (χ0) is 19.3. The highest BCUT2D eigenvalue weighted by atomic mass is 19.1. The van der Waals surface area contributed by atoms with Gasteiger partial charge in [-0.1, -0.05) is 0 Å². The van der Waals surface area contributed by atoms with Crippen LogP contribution in [0.25, 0.3) is 0 Å². The van der Waals surface area contributed by atoms with E-state index in [4.69, 9.17) is 9.47 Å². The van der Waals surface area contributed by atoms with E-state index in [0.717, 1.165) is 25.9 Å². The van der Waals surface area contributed by atoms with E-state index >= 15 is 0 Å². The second-order valence-electron chi connectivity index (χ2n) is 6.24. The molecule has 1 amide bonds. The summed E-state index contributed by atoms with van der Waals surface area (Å²) in [6, 6.07) is 5.62. The number of hydrogen-bond acceptors (Lipinski definition) is 4. The van der Waals surface area contributed by atoms with Crippen molar-refractivity contribution in [3.8, 4) is 0 Å². The van der Waals surface area contributed by atoms with E-state index in [1.807, 2.05) is 6.92 Å². The largest absolute Gasteiger partial charge is 0.379 e. The Balaban J connectivity index is 1.63. The smallest absolute Gasteiger partial charge is 0.246 e. The lowest BCUT2D eigenvalue weighted by molar-refractivity contribution is -0.114. The van der Waals surface area contributed by atoms with Crippen molar-refractivity contribution >= 4 is 17.6 Å². The van der Waals surface area contributed by atoms with Gasteiger partial charge in [-0.15, -0.1) is 0 Å². The standard InChI is InChI=1S/C19H29FN4O3/c1-2-21-19(22-10-4-11-26-14-17-5-3-12-27-17)23-13-18(25)24-16-8-6-15(20)7-9-16/h6-9,17H,2-5,10-14H2,1H3,(H,24,25)(H2,21,22,23). The van der Waals surface area contributed by atoms with Crippen molar-refractivity contribution in [2.45, 2.75) is 32.3 Å². The summed E-state index contributed by atoms with van der Waals surface area (Å²) in [6.07, 6.45) is 3.28. The summed E-state index contributed by atoms with van der Waals surface area (Å²) in [4.78, 5) is 16.2. The second-order valence-corrected chi connectivity index (χ2v) is 6.24. The van der Waals surface area contributed by atoms with Gasteiger partial charge in [0.1, 0.15) is 12.4 Å². The Bertz CT molecular complexity index is 589. The fourth-order valence-electron chi connectivity index (χ4n) is 2.60. The quantitative estimate of drug-likeness (QED) is 0.328. The molecule has 7 nitrogen and oxygen atoms in total. The minimum atomic E-state index is -0.343. The fraction of sp³-hybridized carbons (Fsp3) is 0.579. The summed E-state index contributed by atoms with van der Waals surface area (Å²) in [5, 5.41) is 8.94. The normalized spacial score (nSPS) is 17.0. The Morgan fingerprint density at radius 1 is 1.33 bits per heavy atom. The van der Waals surface area contributed by atoms with Crippen LogP contribution in [0.3, 0.4) is 0 Å². The third-order valence-corrected chi connectivity index (χ3v) is 3.94. The summed E-state index contributed by atoms with van der Waals surface area (Å²) in [5.74, 6) is -0.0333. The highest BCUT2D eigenvalue weighted by Crippen LogP contribution is 2.11. The molecule has 1 unspecified atom stereocenters. The number of hydrogen-bond donors (Lipinski definition) is 3. The van der Waals surface area contributed by atoms with Gasteiger partial charge in [0.05, 0.1) is 12.7 Å². The van der Waals surface area contributed by atoms with E-state index in [9.17, 15) is 9.18 Å². The van der Waals surface area contributed by atoms with E-state index in [-0.39, 0.29) is 24.4 Å². The molecule has 1 atom stereocenters. The molecular formula is C19H29FN4O3. The molecule has 1 heterocycles. The van der Waals surface area contributed by atoms with Crippen LogP contribution < -0.4 is 16.0 Å². The summed E-state index contributed by atoms with van der Waals surface area (Å²) in [7, 11) is 0. The molecular weight excluding hydrogens is 351 g/mol. The molecule has 1 fully saturated rings. The molecule has 1 aromatic carbocycles. The summed E-state index contributed by atoms with van der Waals surface area (Å²) in [6.45, 7) is 5.46. The first-order chi connectivity index (χ1) is 13.2. The topological polar surface area (TPSA) is 84.0 Å². The Morgan fingerprint density at radius 3 is 2.85 bits per heavy atom. The molecule has 150 valence electrons. The number of halogens is 1. The number of carbonyl (C=O) groups excluding carboxylic acids is 1. The molecule has 0 saturated carbocycles. The first-order valence-electron chi connectivity index (χ1n) is 9.44. The second kappa shape index (κ2) is 12.2. The Hall–Kier alpha value is -2.19. The lowest BCUT2D eigenvalue weighted by atomic mass is 10.2. The van der Waals surface area contributed by atoms with Crippen LogP contribution in [0.2, 0.25) is 0 Å². The molecule has 2 rings (SSSR count). The highest BCUT2D eigenvalue weighted by Gasteiger charge is 2.14. The van der Waals surface area contributed by atoms with Crippen LogP contribution in [0.4, 0.5) is 10.1 Å². The number of carbonyl (C=O) groups is 1. The van der Waals surface area contributed by atoms with Crippen LogP contribution in [0, 0.1) is 5.82 Å². The molecule has 1 aromatic rings. The molecule has 1 aliphatic heterocycles. The number of ether oxygens (including phenoxy) is 2. The Kier molecular flexibility index (Phi) is 9.57. The molecule has 27 heavy (non-hydrogen) atoms. The summed E-state index contributed by atoms with van der Waals surface area (Å²) < 4.78 is 24.0. The van der Waals surface area contributed by atoms with E-state index in [0.29, 0.717) is 38.0 Å². The van der Waals surface area contributed by atoms with Gasteiger partial charge in [0.25, 0.3) is 0 Å². The van der Waals surface area contributed by atoms with Crippen molar-refractivity contribution in [3.63, 3.8) is 0 Å². The third kappa shape index (κ3) is 8.83. The van der Waals surface area contributed by atoms with Gasteiger partial charge >= 0.3 is 0 Å². The van der Waals surface area contributed by atoms with Crippen molar-refractivity contribution in [2.75, 3.05) is 44.8 Å². The maximum atomic E-state index is 12.9. The average molecular weight is 380 g/mol. The first-order valence-corrected chi connectivity index (χ1v) is 9.44. The van der Waals surface area contributed by atoms with Gasteiger partial charge in [0, 0.05) is 32.0 Å². The lowest BCUT2D eigenvalue weighted by Gasteiger charge is -2.12. The molecule has 3 N–H and O–H groups in total. The van der Waals surface area contributed by atoms with Crippen molar-refractivity contribution < 1.29 is 18.7 Å². The van der Waals surface area contributed by atoms with E-state index < -0.39 is 0 Å². The number of benzene rings is 1. The minimum Gasteiger partial charge on any atom is -0.379 e. The van der Waals surface area contributed by atoms with Gasteiger partial charge in [-0.25, -0.2) is 9.38 Å².